The smallest absolute Gasteiger partial charge is 0.0781 e. The Hall–Kier alpha value is -10.5. The second kappa shape index (κ2) is 23.4. The molecule has 384 valence electrons. The molecule has 0 aromatic heterocycles. The van der Waals surface area contributed by atoms with Crippen molar-refractivity contribution in [1.82, 2.24) is 0 Å². The van der Waals surface area contributed by atoms with Crippen molar-refractivity contribution in [2.24, 2.45) is 4.99 Å². The maximum Gasteiger partial charge on any atom is 0.0781 e. The topological polar surface area (TPSA) is 25.3 Å². The molecule has 0 saturated heterocycles. The van der Waals surface area contributed by atoms with Gasteiger partial charge in [-0.05, 0) is 182 Å². The lowest BCUT2D eigenvalue weighted by Crippen LogP contribution is -2.13. The van der Waals surface area contributed by atoms with Gasteiger partial charge in [0.2, 0.25) is 0 Å². The van der Waals surface area contributed by atoms with Crippen LogP contribution in [0.25, 0.3) is 11.1 Å². The van der Waals surface area contributed by atoms with Crippen LogP contribution in [0.5, 0.6) is 0 Å². The number of nitrogens with zero attached hydrogens (tertiary/aromatic N) is 5. The van der Waals surface area contributed by atoms with Crippen LogP contribution in [0.4, 0.5) is 73.9 Å². The molecule has 12 aromatic carbocycles. The predicted octanol–water partition coefficient (Wildman–Crippen LogP) is 21.0. The molecule has 80 heavy (non-hydrogen) atoms. The zero-order chi connectivity index (χ0) is 54.0. The van der Waals surface area contributed by atoms with Gasteiger partial charge in [-0.25, -0.2) is 4.99 Å². The van der Waals surface area contributed by atoms with Crippen LogP contribution in [0.1, 0.15) is 22.3 Å². The van der Waals surface area contributed by atoms with E-state index in [9.17, 15) is 0 Å². The maximum absolute atomic E-state index is 5.32. The summed E-state index contributed by atoms with van der Waals surface area (Å²) in [7, 11) is 0. The van der Waals surface area contributed by atoms with Crippen LogP contribution >= 0.6 is 0 Å². The lowest BCUT2D eigenvalue weighted by Gasteiger charge is -2.30. The molecule has 0 unspecified atom stereocenters. The molecule has 0 aliphatic rings. The molecule has 0 heterocycles. The number of aryl methyl sites for hydroxylation is 2. The molecule has 0 spiro atoms. The van der Waals surface area contributed by atoms with E-state index in [1.54, 1.807) is 0 Å². The lowest BCUT2D eigenvalue weighted by molar-refractivity contribution is 1.24. The van der Waals surface area contributed by atoms with Crippen molar-refractivity contribution in [2.75, 3.05) is 19.6 Å². The van der Waals surface area contributed by atoms with E-state index in [1.807, 2.05) is 18.2 Å². The van der Waals surface area contributed by atoms with Gasteiger partial charge in [-0.2, -0.15) is 0 Å². The van der Waals surface area contributed by atoms with Crippen molar-refractivity contribution >= 4 is 79.6 Å². The van der Waals surface area contributed by atoms with Crippen LogP contribution < -0.4 is 19.6 Å². The maximum atomic E-state index is 5.32. The zero-order valence-corrected chi connectivity index (χ0v) is 44.8. The van der Waals surface area contributed by atoms with E-state index < -0.39 is 0 Å². The fraction of sp³-hybridized carbons (Fsp3) is 0.0267. The summed E-state index contributed by atoms with van der Waals surface area (Å²) in [6, 6.07) is 114. The van der Waals surface area contributed by atoms with E-state index in [4.69, 9.17) is 4.99 Å². The SMILES string of the molecule is Cc1cccc(N(c2ccccc2)c2ccc(N(c3cccc(C)c3)c3ccccc3-c3cccc(N(c4ccccc4)c4ccc(/C(=N\c5ccccc5)c5ccc(N(c6ccccc6)c6ccccc6)cc5)cc4)c3)cc2)c1. The van der Waals surface area contributed by atoms with E-state index in [0.29, 0.717) is 0 Å². The van der Waals surface area contributed by atoms with Gasteiger partial charge < -0.3 is 19.6 Å². The summed E-state index contributed by atoms with van der Waals surface area (Å²) >= 11 is 0. The first-order valence-corrected chi connectivity index (χ1v) is 27.2. The van der Waals surface area contributed by atoms with Crippen molar-refractivity contribution in [1.29, 1.82) is 0 Å². The highest BCUT2D eigenvalue weighted by atomic mass is 15.2. The zero-order valence-electron chi connectivity index (χ0n) is 44.8. The van der Waals surface area contributed by atoms with Crippen LogP contribution in [0, 0.1) is 13.8 Å². The molecule has 12 aromatic rings. The van der Waals surface area contributed by atoms with Gasteiger partial charge in [0.05, 0.1) is 17.1 Å². The van der Waals surface area contributed by atoms with Crippen LogP contribution in [0.3, 0.4) is 0 Å². The average Bonchev–Trinajstić information content (AvgIpc) is 3.52. The summed E-state index contributed by atoms with van der Waals surface area (Å²) in [5.74, 6) is 0. The third-order valence-corrected chi connectivity index (χ3v) is 14.3. The standard InChI is InChI=1S/C75H59N5/c1-56-23-20-36-70(53-56)78(64-32-14-6-15-33-64)68-49-51-69(52-50-68)80(71-37-21-24-57(2)54-71)74-40-19-18-39-73(74)60-25-22-38-72(55-60)79(65-34-16-7-17-35-65)67-47-43-59(44-48-67)75(76-61-26-8-3-9-27-61)58-41-45-66(46-42-58)77(62-28-10-4-11-29-62)63-30-12-5-13-31-63/h3-55H,1-2H3/b76-75-. The van der Waals surface area contributed by atoms with Gasteiger partial charge in [-0.15, -0.1) is 0 Å². The molecule has 0 fully saturated rings. The van der Waals surface area contributed by atoms with Crippen LogP contribution in [0.2, 0.25) is 0 Å². The molecule has 5 heteroatoms. The van der Waals surface area contributed by atoms with Gasteiger partial charge in [0.1, 0.15) is 0 Å². The summed E-state index contributed by atoms with van der Waals surface area (Å²) in [6.07, 6.45) is 0. The van der Waals surface area contributed by atoms with Gasteiger partial charge in [0.15, 0.2) is 0 Å². The number of aliphatic imine (C=N–C) groups is 1. The van der Waals surface area contributed by atoms with Crippen LogP contribution in [0.15, 0.2) is 327 Å². The summed E-state index contributed by atoms with van der Waals surface area (Å²) in [4.78, 5) is 14.6. The van der Waals surface area contributed by atoms with Crippen molar-refractivity contribution < 1.29 is 0 Å². The molecular weight excluding hydrogens is 971 g/mol. The number of anilines is 12. The highest BCUT2D eigenvalue weighted by molar-refractivity contribution is 6.14. The number of hydrogen-bond donors (Lipinski definition) is 0. The number of benzene rings is 12. The first-order valence-electron chi connectivity index (χ1n) is 27.2. The lowest BCUT2D eigenvalue weighted by atomic mass is 9.99. The molecule has 0 saturated carbocycles. The highest BCUT2D eigenvalue weighted by Gasteiger charge is 2.22. The third kappa shape index (κ3) is 11.0. The second-order valence-electron chi connectivity index (χ2n) is 19.8. The molecule has 0 aliphatic carbocycles. The Morgan fingerprint density at radius 2 is 0.562 bits per heavy atom. The average molecular weight is 1030 g/mol. The van der Waals surface area contributed by atoms with Crippen molar-refractivity contribution in [3.05, 3.63) is 344 Å². The predicted molar refractivity (Wildman–Crippen MR) is 338 cm³/mol. The normalized spacial score (nSPS) is 11.2. The fourth-order valence-electron chi connectivity index (χ4n) is 10.6. The van der Waals surface area contributed by atoms with Crippen LogP contribution in [-0.4, -0.2) is 5.71 Å². The molecule has 0 atom stereocenters. The molecule has 5 nitrogen and oxygen atoms in total. The second-order valence-corrected chi connectivity index (χ2v) is 19.8. The van der Waals surface area contributed by atoms with E-state index >= 15 is 0 Å². The summed E-state index contributed by atoms with van der Waals surface area (Å²) in [6.45, 7) is 4.30. The van der Waals surface area contributed by atoms with Crippen LogP contribution in [-0.2, 0) is 0 Å². The largest absolute Gasteiger partial charge is 0.311 e. The Bertz CT molecular complexity index is 3960. The number of rotatable bonds is 16. The first-order chi connectivity index (χ1) is 39.5. The highest BCUT2D eigenvalue weighted by Crippen LogP contribution is 2.45. The Labute approximate surface area is 470 Å². The van der Waals surface area contributed by atoms with Gasteiger partial charge >= 0.3 is 0 Å². The van der Waals surface area contributed by atoms with Crippen molar-refractivity contribution in [3.8, 4) is 11.1 Å². The summed E-state index contributed by atoms with van der Waals surface area (Å²) in [5, 5.41) is 0. The minimum absolute atomic E-state index is 0.887. The Kier molecular flexibility index (Phi) is 14.7. The fourth-order valence-corrected chi connectivity index (χ4v) is 10.6. The van der Waals surface area contributed by atoms with E-state index in [-0.39, 0.29) is 0 Å². The van der Waals surface area contributed by atoms with Crippen molar-refractivity contribution in [3.63, 3.8) is 0 Å². The first kappa shape index (κ1) is 50.3. The molecule has 12 rings (SSSR count). The minimum Gasteiger partial charge on any atom is -0.311 e. The number of hydrogen-bond acceptors (Lipinski definition) is 5. The summed E-state index contributed by atoms with van der Waals surface area (Å²) in [5.41, 5.74) is 21.3. The molecule has 0 aliphatic heterocycles. The molecule has 0 N–H and O–H groups in total. The van der Waals surface area contributed by atoms with E-state index in [2.05, 4.69) is 337 Å². The van der Waals surface area contributed by atoms with E-state index in [0.717, 1.165) is 102 Å². The van der Waals surface area contributed by atoms with Gasteiger partial charge in [0, 0.05) is 79.3 Å². The molecule has 0 radical (unpaired) electrons. The van der Waals surface area contributed by atoms with Crippen molar-refractivity contribution in [2.45, 2.75) is 13.8 Å². The third-order valence-electron chi connectivity index (χ3n) is 14.3. The molecule has 0 amide bonds. The van der Waals surface area contributed by atoms with Gasteiger partial charge in [-0.3, -0.25) is 0 Å². The molecular formula is C75H59N5. The number of para-hydroxylation sites is 6. The Morgan fingerprint density at radius 1 is 0.250 bits per heavy atom. The Balaban J connectivity index is 0.906. The Morgan fingerprint density at radius 3 is 1.00 bits per heavy atom. The monoisotopic (exact) mass is 1030 g/mol. The summed E-state index contributed by atoms with van der Waals surface area (Å²) < 4.78 is 0. The molecule has 0 bridgehead atoms. The quantitative estimate of drug-likeness (QED) is 0.0901. The minimum atomic E-state index is 0.887. The van der Waals surface area contributed by atoms with Gasteiger partial charge in [-0.1, -0.05) is 170 Å². The van der Waals surface area contributed by atoms with E-state index in [1.165, 1.54) is 11.1 Å². The van der Waals surface area contributed by atoms with Gasteiger partial charge in [0.25, 0.3) is 0 Å².